The summed E-state index contributed by atoms with van der Waals surface area (Å²) in [7, 11) is 0. The van der Waals surface area contributed by atoms with Gasteiger partial charge in [-0.1, -0.05) is 5.16 Å². The summed E-state index contributed by atoms with van der Waals surface area (Å²) in [5.41, 5.74) is 2.73. The number of carbonyl (C=O) groups is 1. The molecule has 0 atom stereocenters. The van der Waals surface area contributed by atoms with E-state index in [4.69, 9.17) is 14.5 Å². The van der Waals surface area contributed by atoms with E-state index in [1.54, 1.807) is 47.9 Å². The number of anilines is 1. The number of nitrogens with one attached hydrogen (secondary N) is 1. The highest BCUT2D eigenvalue weighted by molar-refractivity contribution is 7.08. The van der Waals surface area contributed by atoms with Crippen LogP contribution in [-0.2, 0) is 11.2 Å². The Hall–Kier alpha value is -4.03. The van der Waals surface area contributed by atoms with E-state index in [1.165, 1.54) is 0 Å². The Morgan fingerprint density at radius 3 is 3.00 bits per heavy atom. The number of hydrogen-bond acceptors (Lipinski definition) is 8. The zero-order valence-corrected chi connectivity index (χ0v) is 17.3. The van der Waals surface area contributed by atoms with Gasteiger partial charge in [-0.25, -0.2) is 4.98 Å². The van der Waals surface area contributed by atoms with Crippen LogP contribution in [0.25, 0.3) is 11.4 Å². The molecule has 1 N–H and O–H groups in total. The second-order valence-corrected chi connectivity index (χ2v) is 7.40. The van der Waals surface area contributed by atoms with Crippen molar-refractivity contribution in [1.82, 2.24) is 15.1 Å². The number of nitriles is 1. The summed E-state index contributed by atoms with van der Waals surface area (Å²) in [6, 6.07) is 12.5. The fourth-order valence-electron chi connectivity index (χ4n) is 2.81. The van der Waals surface area contributed by atoms with Gasteiger partial charge in [0.15, 0.2) is 0 Å². The minimum atomic E-state index is -0.163. The molecule has 1 aromatic carbocycles. The van der Waals surface area contributed by atoms with Crippen LogP contribution in [-0.4, -0.2) is 21.0 Å². The number of ether oxygens (including phenoxy) is 1. The van der Waals surface area contributed by atoms with Gasteiger partial charge in [0, 0.05) is 35.7 Å². The number of benzene rings is 1. The first-order valence-electron chi connectivity index (χ1n) is 9.41. The number of rotatable bonds is 7. The van der Waals surface area contributed by atoms with Gasteiger partial charge in [-0.05, 0) is 54.3 Å². The summed E-state index contributed by atoms with van der Waals surface area (Å²) >= 11 is 1.56. The molecule has 0 spiro atoms. The van der Waals surface area contributed by atoms with Crippen LogP contribution in [0.5, 0.6) is 11.6 Å². The summed E-state index contributed by atoms with van der Waals surface area (Å²) in [6.07, 6.45) is 2.12. The lowest BCUT2D eigenvalue weighted by atomic mass is 10.2. The molecule has 31 heavy (non-hydrogen) atoms. The average molecular weight is 431 g/mol. The number of aromatic nitrogens is 3. The number of carbonyl (C=O) groups excluding carboxylic acids is 1. The molecular formula is C22H17N5O3S. The number of hydrogen-bond donors (Lipinski definition) is 1. The first-order valence-corrected chi connectivity index (χ1v) is 10.4. The molecule has 0 saturated carbocycles. The third kappa shape index (κ3) is 4.94. The quantitative estimate of drug-likeness (QED) is 0.449. The lowest BCUT2D eigenvalue weighted by Crippen LogP contribution is -2.13. The van der Waals surface area contributed by atoms with Crippen LogP contribution in [0.1, 0.15) is 23.4 Å². The minimum absolute atomic E-state index is 0.163. The summed E-state index contributed by atoms with van der Waals surface area (Å²) in [4.78, 5) is 20.8. The van der Waals surface area contributed by atoms with E-state index in [9.17, 15) is 4.79 Å². The van der Waals surface area contributed by atoms with Crippen molar-refractivity contribution in [3.05, 3.63) is 70.4 Å². The van der Waals surface area contributed by atoms with Gasteiger partial charge >= 0.3 is 0 Å². The lowest BCUT2D eigenvalue weighted by molar-refractivity contribution is -0.116. The van der Waals surface area contributed by atoms with Crippen molar-refractivity contribution in [2.24, 2.45) is 0 Å². The van der Waals surface area contributed by atoms with E-state index in [-0.39, 0.29) is 18.2 Å². The zero-order valence-electron chi connectivity index (χ0n) is 16.5. The van der Waals surface area contributed by atoms with Crippen LogP contribution < -0.4 is 10.1 Å². The molecule has 0 saturated heterocycles. The molecule has 0 fully saturated rings. The molecule has 3 heterocycles. The number of pyridine rings is 1. The normalized spacial score (nSPS) is 10.5. The molecule has 0 unspecified atom stereocenters. The Bertz CT molecular complexity index is 1240. The topological polar surface area (TPSA) is 114 Å². The predicted octanol–water partition coefficient (Wildman–Crippen LogP) is 4.74. The summed E-state index contributed by atoms with van der Waals surface area (Å²) in [5, 5.41) is 19.8. The summed E-state index contributed by atoms with van der Waals surface area (Å²) in [6.45, 7) is 1.86. The van der Waals surface area contributed by atoms with E-state index in [0.717, 1.165) is 11.1 Å². The van der Waals surface area contributed by atoms with Crippen LogP contribution >= 0.6 is 11.3 Å². The molecule has 154 valence electrons. The van der Waals surface area contributed by atoms with Crippen molar-refractivity contribution < 1.29 is 14.1 Å². The van der Waals surface area contributed by atoms with Gasteiger partial charge < -0.3 is 14.6 Å². The van der Waals surface area contributed by atoms with Gasteiger partial charge in [-0.15, -0.1) is 0 Å². The maximum Gasteiger partial charge on any atom is 0.237 e. The maximum absolute atomic E-state index is 12.4. The third-order valence-electron chi connectivity index (χ3n) is 4.39. The molecule has 1 amide bonds. The Morgan fingerprint density at radius 2 is 2.23 bits per heavy atom. The van der Waals surface area contributed by atoms with E-state index < -0.39 is 0 Å². The van der Waals surface area contributed by atoms with Gasteiger partial charge in [0.2, 0.25) is 23.5 Å². The van der Waals surface area contributed by atoms with Gasteiger partial charge in [-0.3, -0.25) is 4.79 Å². The number of aryl methyl sites for hydroxylation is 2. The highest BCUT2D eigenvalue weighted by Crippen LogP contribution is 2.27. The number of thiophene rings is 1. The SMILES string of the molecule is Cc1cc(Oc2ncccc2C#N)ccc1NC(=O)CCc1nc(-c2ccsc2)no1. The van der Waals surface area contributed by atoms with E-state index >= 15 is 0 Å². The monoisotopic (exact) mass is 431 g/mol. The molecule has 0 bridgehead atoms. The van der Waals surface area contributed by atoms with E-state index in [1.807, 2.05) is 29.8 Å². The standard InChI is InChI=1S/C22H17N5O3S/c1-14-11-17(29-22-15(12-23)3-2-9-24-22)4-5-18(14)25-19(28)6-7-20-26-21(27-30-20)16-8-10-31-13-16/h2-5,8-11,13H,6-7H2,1H3,(H,25,28). The molecule has 0 radical (unpaired) electrons. The first kappa shape index (κ1) is 20.3. The Kier molecular flexibility index (Phi) is 6.01. The largest absolute Gasteiger partial charge is 0.438 e. The van der Waals surface area contributed by atoms with E-state index in [0.29, 0.717) is 35.1 Å². The van der Waals surface area contributed by atoms with Gasteiger partial charge in [-0.2, -0.15) is 21.6 Å². The second-order valence-electron chi connectivity index (χ2n) is 6.62. The number of amides is 1. The molecule has 9 heteroatoms. The van der Waals surface area contributed by atoms with Gasteiger partial charge in [0.1, 0.15) is 17.4 Å². The Balaban J connectivity index is 1.35. The molecule has 0 aliphatic rings. The third-order valence-corrected chi connectivity index (χ3v) is 5.07. The molecule has 0 aliphatic carbocycles. The van der Waals surface area contributed by atoms with E-state index in [2.05, 4.69) is 20.4 Å². The van der Waals surface area contributed by atoms with Crippen molar-refractivity contribution in [3.63, 3.8) is 0 Å². The predicted molar refractivity (Wildman–Crippen MR) is 115 cm³/mol. The minimum Gasteiger partial charge on any atom is -0.438 e. The molecule has 4 aromatic rings. The van der Waals surface area contributed by atoms with Crippen LogP contribution in [0.3, 0.4) is 0 Å². The molecule has 4 rings (SSSR count). The molecular weight excluding hydrogens is 414 g/mol. The fraction of sp³-hybridized carbons (Fsp3) is 0.136. The molecule has 8 nitrogen and oxygen atoms in total. The smallest absolute Gasteiger partial charge is 0.237 e. The number of nitrogens with zero attached hydrogens (tertiary/aromatic N) is 4. The zero-order chi connectivity index (χ0) is 21.6. The van der Waals surface area contributed by atoms with Gasteiger partial charge in [0.25, 0.3) is 0 Å². The van der Waals surface area contributed by atoms with Crippen LogP contribution in [0, 0.1) is 18.3 Å². The lowest BCUT2D eigenvalue weighted by Gasteiger charge is -2.11. The fourth-order valence-corrected chi connectivity index (χ4v) is 3.44. The highest BCUT2D eigenvalue weighted by Gasteiger charge is 2.12. The molecule has 3 aromatic heterocycles. The first-order chi connectivity index (χ1) is 15.1. The van der Waals surface area contributed by atoms with Crippen molar-refractivity contribution in [1.29, 1.82) is 5.26 Å². The Morgan fingerprint density at radius 1 is 1.32 bits per heavy atom. The molecule has 0 aliphatic heterocycles. The summed E-state index contributed by atoms with van der Waals surface area (Å²) < 4.78 is 10.9. The van der Waals surface area contributed by atoms with Crippen molar-refractivity contribution in [2.75, 3.05) is 5.32 Å². The van der Waals surface area contributed by atoms with Crippen LogP contribution in [0.15, 0.2) is 57.9 Å². The van der Waals surface area contributed by atoms with Crippen molar-refractivity contribution in [3.8, 4) is 29.1 Å². The summed E-state index contributed by atoms with van der Waals surface area (Å²) in [5.74, 6) is 1.54. The Labute approximate surface area is 182 Å². The highest BCUT2D eigenvalue weighted by atomic mass is 32.1. The average Bonchev–Trinajstić information content (AvgIpc) is 3.46. The van der Waals surface area contributed by atoms with Crippen molar-refractivity contribution >= 4 is 22.9 Å². The second kappa shape index (κ2) is 9.19. The van der Waals surface area contributed by atoms with Crippen LogP contribution in [0.4, 0.5) is 5.69 Å². The maximum atomic E-state index is 12.4. The van der Waals surface area contributed by atoms with Crippen molar-refractivity contribution in [2.45, 2.75) is 19.8 Å². The van der Waals surface area contributed by atoms with Crippen LogP contribution in [0.2, 0.25) is 0 Å². The van der Waals surface area contributed by atoms with Gasteiger partial charge in [0.05, 0.1) is 0 Å².